The van der Waals surface area contributed by atoms with Crippen LogP contribution in [0.25, 0.3) is 0 Å². The van der Waals surface area contributed by atoms with Gasteiger partial charge in [0.25, 0.3) is 0 Å². The third-order valence-corrected chi connectivity index (χ3v) is 2.22. The SMILES string of the molecule is O=S(=O)([O-])CCCOc1ccccn1. The molecule has 0 saturated carbocycles. The van der Waals surface area contributed by atoms with Gasteiger partial charge in [0.05, 0.1) is 16.7 Å². The summed E-state index contributed by atoms with van der Waals surface area (Å²) in [6.45, 7) is 0.179. The van der Waals surface area contributed by atoms with Crippen LogP contribution in [0.2, 0.25) is 0 Å². The number of pyridine rings is 1. The van der Waals surface area contributed by atoms with Crippen LogP contribution in [-0.4, -0.2) is 30.3 Å². The Kier molecular flexibility index (Phi) is 3.84. The van der Waals surface area contributed by atoms with E-state index < -0.39 is 15.9 Å². The average molecular weight is 216 g/mol. The van der Waals surface area contributed by atoms with Crippen molar-refractivity contribution in [2.24, 2.45) is 0 Å². The van der Waals surface area contributed by atoms with Crippen molar-refractivity contribution in [1.29, 1.82) is 0 Å². The Morgan fingerprint density at radius 1 is 1.43 bits per heavy atom. The second-order valence-electron chi connectivity index (χ2n) is 2.63. The fourth-order valence-corrected chi connectivity index (χ4v) is 1.32. The van der Waals surface area contributed by atoms with Gasteiger partial charge in [-0.25, -0.2) is 13.4 Å². The van der Waals surface area contributed by atoms with E-state index in [9.17, 15) is 13.0 Å². The maximum Gasteiger partial charge on any atom is 0.213 e. The Hall–Kier alpha value is -1.14. The Morgan fingerprint density at radius 3 is 2.79 bits per heavy atom. The largest absolute Gasteiger partial charge is 0.748 e. The van der Waals surface area contributed by atoms with Crippen molar-refractivity contribution in [3.05, 3.63) is 24.4 Å². The van der Waals surface area contributed by atoms with Gasteiger partial charge in [-0.2, -0.15) is 0 Å². The van der Waals surface area contributed by atoms with Gasteiger partial charge in [-0.05, 0) is 12.5 Å². The molecule has 0 saturated heterocycles. The topological polar surface area (TPSA) is 79.3 Å². The molecule has 0 atom stereocenters. The Labute approximate surface area is 82.5 Å². The van der Waals surface area contributed by atoms with E-state index in [4.69, 9.17) is 4.74 Å². The van der Waals surface area contributed by atoms with Gasteiger partial charge in [-0.3, -0.25) is 0 Å². The van der Waals surface area contributed by atoms with Crippen molar-refractivity contribution in [3.8, 4) is 5.88 Å². The fourth-order valence-electron chi connectivity index (χ4n) is 0.845. The second kappa shape index (κ2) is 4.92. The second-order valence-corrected chi connectivity index (χ2v) is 4.16. The van der Waals surface area contributed by atoms with Crippen LogP contribution in [0.4, 0.5) is 0 Å². The minimum absolute atomic E-state index is 0.179. The third-order valence-electron chi connectivity index (χ3n) is 1.43. The van der Waals surface area contributed by atoms with Crippen molar-refractivity contribution in [2.45, 2.75) is 6.42 Å². The molecule has 1 aromatic heterocycles. The lowest BCUT2D eigenvalue weighted by Gasteiger charge is -2.07. The first kappa shape index (κ1) is 10.9. The molecular weight excluding hydrogens is 206 g/mol. The van der Waals surface area contributed by atoms with Gasteiger partial charge < -0.3 is 9.29 Å². The van der Waals surface area contributed by atoms with Gasteiger partial charge in [0.1, 0.15) is 0 Å². The maximum atomic E-state index is 10.2. The van der Waals surface area contributed by atoms with E-state index in [1.807, 2.05) is 0 Å². The van der Waals surface area contributed by atoms with Crippen molar-refractivity contribution in [3.63, 3.8) is 0 Å². The molecule has 0 aromatic carbocycles. The van der Waals surface area contributed by atoms with Gasteiger partial charge in [0.15, 0.2) is 0 Å². The highest BCUT2D eigenvalue weighted by Crippen LogP contribution is 2.03. The highest BCUT2D eigenvalue weighted by molar-refractivity contribution is 7.85. The molecule has 0 unspecified atom stereocenters. The number of hydrogen-bond donors (Lipinski definition) is 0. The van der Waals surface area contributed by atoms with Crippen LogP contribution < -0.4 is 4.74 Å². The lowest BCUT2D eigenvalue weighted by atomic mass is 10.5. The summed E-state index contributed by atoms with van der Waals surface area (Å²) in [5.74, 6) is 0.0237. The van der Waals surface area contributed by atoms with Crippen LogP contribution in [0.15, 0.2) is 24.4 Å². The summed E-state index contributed by atoms with van der Waals surface area (Å²) in [6.07, 6.45) is 1.75. The van der Waals surface area contributed by atoms with E-state index in [0.717, 1.165) is 0 Å². The van der Waals surface area contributed by atoms with Crippen LogP contribution in [0.5, 0.6) is 5.88 Å². The van der Waals surface area contributed by atoms with Crippen LogP contribution in [0.1, 0.15) is 6.42 Å². The van der Waals surface area contributed by atoms with Gasteiger partial charge in [0.2, 0.25) is 5.88 Å². The van der Waals surface area contributed by atoms with Crippen molar-refractivity contribution < 1.29 is 17.7 Å². The molecular formula is C8H10NO4S-. The quantitative estimate of drug-likeness (QED) is 0.525. The molecule has 14 heavy (non-hydrogen) atoms. The third kappa shape index (κ3) is 4.78. The predicted molar refractivity (Wildman–Crippen MR) is 48.9 cm³/mol. The molecule has 78 valence electrons. The molecule has 0 N–H and O–H groups in total. The summed E-state index contributed by atoms with van der Waals surface area (Å²) in [5, 5.41) is 0. The average Bonchev–Trinajstić information content (AvgIpc) is 2.13. The highest BCUT2D eigenvalue weighted by atomic mass is 32.2. The molecule has 0 spiro atoms. The molecule has 0 radical (unpaired) electrons. The smallest absolute Gasteiger partial charge is 0.213 e. The van der Waals surface area contributed by atoms with Crippen LogP contribution in [-0.2, 0) is 10.1 Å². The van der Waals surface area contributed by atoms with Crippen molar-refractivity contribution in [1.82, 2.24) is 4.98 Å². The minimum Gasteiger partial charge on any atom is -0.748 e. The number of nitrogens with zero attached hydrogens (tertiary/aromatic N) is 1. The zero-order valence-corrected chi connectivity index (χ0v) is 8.24. The number of ether oxygens (including phenoxy) is 1. The normalized spacial score (nSPS) is 11.2. The lowest BCUT2D eigenvalue weighted by molar-refractivity contribution is 0.304. The fraction of sp³-hybridized carbons (Fsp3) is 0.375. The lowest BCUT2D eigenvalue weighted by Crippen LogP contribution is -2.09. The van der Waals surface area contributed by atoms with Crippen molar-refractivity contribution in [2.75, 3.05) is 12.4 Å². The zero-order valence-electron chi connectivity index (χ0n) is 7.42. The summed E-state index contributed by atoms with van der Waals surface area (Å²) < 4.78 is 35.7. The summed E-state index contributed by atoms with van der Waals surface area (Å²) in [7, 11) is -4.13. The standard InChI is InChI=1S/C8H11NO4S/c10-14(11,12)7-3-6-13-8-4-1-2-5-9-8/h1-2,4-5H,3,6-7H2,(H,10,11,12)/p-1. The summed E-state index contributed by atoms with van der Waals surface area (Å²) in [4.78, 5) is 3.86. The van der Waals surface area contributed by atoms with Gasteiger partial charge in [-0.1, -0.05) is 6.07 Å². The van der Waals surface area contributed by atoms with E-state index >= 15 is 0 Å². The first-order valence-corrected chi connectivity index (χ1v) is 5.63. The molecule has 0 aliphatic rings. The summed E-state index contributed by atoms with van der Waals surface area (Å²) in [6, 6.07) is 5.16. The van der Waals surface area contributed by atoms with E-state index in [2.05, 4.69) is 4.98 Å². The molecule has 1 aromatic rings. The number of hydrogen-bond acceptors (Lipinski definition) is 5. The molecule has 1 heterocycles. The predicted octanol–water partition coefficient (Wildman–Crippen LogP) is 0.396. The van der Waals surface area contributed by atoms with Crippen LogP contribution in [0, 0.1) is 0 Å². The summed E-state index contributed by atoms with van der Waals surface area (Å²) in [5.41, 5.74) is 0. The van der Waals surface area contributed by atoms with E-state index in [-0.39, 0.29) is 13.0 Å². The Morgan fingerprint density at radius 2 is 2.21 bits per heavy atom. The van der Waals surface area contributed by atoms with Gasteiger partial charge in [0, 0.05) is 18.0 Å². The molecule has 1 rings (SSSR count). The monoisotopic (exact) mass is 216 g/mol. The maximum absolute atomic E-state index is 10.2. The number of rotatable bonds is 5. The van der Waals surface area contributed by atoms with Crippen LogP contribution >= 0.6 is 0 Å². The molecule has 5 nitrogen and oxygen atoms in total. The molecule has 0 bridgehead atoms. The Bertz CT molecular complexity index is 362. The van der Waals surface area contributed by atoms with E-state index in [1.54, 1.807) is 24.4 Å². The zero-order chi connectivity index (χ0) is 10.4. The highest BCUT2D eigenvalue weighted by Gasteiger charge is 1.96. The molecule has 0 amide bonds. The molecule has 0 aliphatic heterocycles. The van der Waals surface area contributed by atoms with E-state index in [1.165, 1.54) is 0 Å². The van der Waals surface area contributed by atoms with Gasteiger partial charge >= 0.3 is 0 Å². The van der Waals surface area contributed by atoms with Crippen LogP contribution in [0.3, 0.4) is 0 Å². The minimum atomic E-state index is -4.13. The first-order valence-electron chi connectivity index (χ1n) is 4.05. The molecule has 0 fully saturated rings. The van der Waals surface area contributed by atoms with E-state index in [0.29, 0.717) is 5.88 Å². The first-order chi connectivity index (χ1) is 6.58. The summed E-state index contributed by atoms with van der Waals surface area (Å²) >= 11 is 0. The number of aromatic nitrogens is 1. The molecule has 6 heteroatoms. The molecule has 0 aliphatic carbocycles. The Balaban J connectivity index is 2.23. The van der Waals surface area contributed by atoms with Crippen molar-refractivity contribution >= 4 is 10.1 Å². The van der Waals surface area contributed by atoms with Gasteiger partial charge in [-0.15, -0.1) is 0 Å².